The van der Waals surface area contributed by atoms with Crippen LogP contribution in [0.4, 0.5) is 5.82 Å². The summed E-state index contributed by atoms with van der Waals surface area (Å²) in [5.74, 6) is 2.88. The van der Waals surface area contributed by atoms with Crippen molar-refractivity contribution in [1.82, 2.24) is 25.4 Å². The first kappa shape index (κ1) is 25.8. The number of hydrogen-bond acceptors (Lipinski definition) is 6. The zero-order chi connectivity index (χ0) is 22.2. The Morgan fingerprint density at radius 2 is 1.88 bits per heavy atom. The normalized spacial score (nSPS) is 19.1. The monoisotopic (exact) mass is 567 g/mol. The summed E-state index contributed by atoms with van der Waals surface area (Å²) < 4.78 is 5.76. The summed E-state index contributed by atoms with van der Waals surface area (Å²) in [5, 5.41) is 6.98. The second-order valence-corrected chi connectivity index (χ2v) is 8.75. The third-order valence-electron chi connectivity index (χ3n) is 6.49. The van der Waals surface area contributed by atoms with Gasteiger partial charge in [0, 0.05) is 52.5 Å². The summed E-state index contributed by atoms with van der Waals surface area (Å²) in [7, 11) is 3.99. The first-order valence-electron chi connectivity index (χ1n) is 11.8. The minimum absolute atomic E-state index is 0. The number of piperidine rings is 1. The van der Waals surface area contributed by atoms with E-state index in [1.54, 1.807) is 6.26 Å². The van der Waals surface area contributed by atoms with Gasteiger partial charge in [-0.3, -0.25) is 9.89 Å². The van der Waals surface area contributed by atoms with E-state index in [0.29, 0.717) is 6.54 Å². The highest BCUT2D eigenvalue weighted by Gasteiger charge is 2.24. The van der Waals surface area contributed by atoms with Crippen LogP contribution in [0.15, 0.2) is 46.1 Å². The van der Waals surface area contributed by atoms with Crippen LogP contribution in [0.1, 0.15) is 36.6 Å². The topological polar surface area (TPSA) is 72.2 Å². The lowest BCUT2D eigenvalue weighted by atomic mass is 10.1. The average Bonchev–Trinajstić information content (AvgIpc) is 3.37. The van der Waals surface area contributed by atoms with Crippen molar-refractivity contribution >= 4 is 35.8 Å². The first-order chi connectivity index (χ1) is 15.7. The number of guanidine groups is 1. The third-order valence-corrected chi connectivity index (χ3v) is 6.49. The number of pyridine rings is 1. The van der Waals surface area contributed by atoms with Gasteiger partial charge < -0.3 is 24.9 Å². The molecule has 0 saturated carbocycles. The molecule has 4 rings (SSSR count). The van der Waals surface area contributed by atoms with Gasteiger partial charge in [0.25, 0.3) is 0 Å². The molecule has 0 bridgehead atoms. The minimum atomic E-state index is 0. The quantitative estimate of drug-likeness (QED) is 0.303. The van der Waals surface area contributed by atoms with Gasteiger partial charge in [-0.15, -0.1) is 24.0 Å². The van der Waals surface area contributed by atoms with Crippen molar-refractivity contribution in [3.8, 4) is 0 Å². The molecule has 1 unspecified atom stereocenters. The second kappa shape index (κ2) is 13.1. The van der Waals surface area contributed by atoms with Crippen LogP contribution in [0.5, 0.6) is 0 Å². The maximum atomic E-state index is 5.76. The fourth-order valence-corrected chi connectivity index (χ4v) is 4.50. The van der Waals surface area contributed by atoms with E-state index in [1.165, 1.54) is 24.8 Å². The molecule has 2 aromatic rings. The highest BCUT2D eigenvalue weighted by molar-refractivity contribution is 14.0. The zero-order valence-corrected chi connectivity index (χ0v) is 22.2. The van der Waals surface area contributed by atoms with Crippen LogP contribution in [0.25, 0.3) is 0 Å². The van der Waals surface area contributed by atoms with E-state index in [9.17, 15) is 0 Å². The van der Waals surface area contributed by atoms with E-state index in [2.05, 4.69) is 60.6 Å². The number of rotatable bonds is 7. The molecule has 2 N–H and O–H groups in total. The Morgan fingerprint density at radius 3 is 2.58 bits per heavy atom. The van der Waals surface area contributed by atoms with E-state index < -0.39 is 0 Å². The largest absolute Gasteiger partial charge is 0.468 e. The number of furan rings is 1. The van der Waals surface area contributed by atoms with Crippen molar-refractivity contribution in [2.45, 2.75) is 31.8 Å². The smallest absolute Gasteiger partial charge is 0.191 e. The summed E-state index contributed by atoms with van der Waals surface area (Å²) in [5.41, 5.74) is 1.20. The number of piperazine rings is 1. The summed E-state index contributed by atoms with van der Waals surface area (Å²) in [6.07, 6.45) is 7.49. The number of hydrogen-bond donors (Lipinski definition) is 2. The Morgan fingerprint density at radius 1 is 1.09 bits per heavy atom. The van der Waals surface area contributed by atoms with Crippen LogP contribution in [-0.4, -0.2) is 80.7 Å². The van der Waals surface area contributed by atoms with E-state index in [4.69, 9.17) is 4.42 Å². The number of aromatic nitrogens is 1. The molecule has 0 amide bonds. The van der Waals surface area contributed by atoms with Gasteiger partial charge >= 0.3 is 0 Å². The molecule has 182 valence electrons. The lowest BCUT2D eigenvalue weighted by Gasteiger charge is -2.33. The maximum Gasteiger partial charge on any atom is 0.191 e. The Kier molecular flexibility index (Phi) is 10.3. The molecule has 1 atom stereocenters. The van der Waals surface area contributed by atoms with Gasteiger partial charge in [-0.2, -0.15) is 0 Å². The van der Waals surface area contributed by atoms with Crippen molar-refractivity contribution in [1.29, 1.82) is 0 Å². The number of nitrogens with zero attached hydrogens (tertiary/aromatic N) is 5. The van der Waals surface area contributed by atoms with E-state index >= 15 is 0 Å². The molecule has 8 nitrogen and oxygen atoms in total. The lowest BCUT2D eigenvalue weighted by molar-refractivity contribution is 0.146. The minimum Gasteiger partial charge on any atom is -0.468 e. The summed E-state index contributed by atoms with van der Waals surface area (Å²) in [6.45, 7) is 7.90. The maximum absolute atomic E-state index is 5.76. The molecule has 2 saturated heterocycles. The molecule has 33 heavy (non-hydrogen) atoms. The number of halogens is 1. The number of anilines is 1. The Hall–Kier alpha value is -1.85. The predicted molar refractivity (Wildman–Crippen MR) is 144 cm³/mol. The molecular weight excluding hydrogens is 529 g/mol. The fourth-order valence-electron chi connectivity index (χ4n) is 4.50. The number of likely N-dealkylation sites (tertiary alicyclic amines) is 1. The Bertz CT molecular complexity index is 846. The first-order valence-corrected chi connectivity index (χ1v) is 11.8. The van der Waals surface area contributed by atoms with Crippen LogP contribution in [0.3, 0.4) is 0 Å². The van der Waals surface area contributed by atoms with Crippen LogP contribution < -0.4 is 15.5 Å². The lowest BCUT2D eigenvalue weighted by Crippen LogP contribution is -2.45. The molecular formula is C24H38IN7O. The van der Waals surface area contributed by atoms with Gasteiger partial charge in [0.1, 0.15) is 11.6 Å². The molecule has 0 aromatic carbocycles. The second-order valence-electron chi connectivity index (χ2n) is 8.75. The van der Waals surface area contributed by atoms with Gasteiger partial charge in [-0.1, -0.05) is 6.42 Å². The highest BCUT2D eigenvalue weighted by Crippen LogP contribution is 2.24. The number of likely N-dealkylation sites (N-methyl/N-ethyl adjacent to an activating group) is 1. The summed E-state index contributed by atoms with van der Waals surface area (Å²) in [6, 6.07) is 8.52. The molecule has 0 radical (unpaired) electrons. The van der Waals surface area contributed by atoms with Crippen molar-refractivity contribution in [2.24, 2.45) is 4.99 Å². The van der Waals surface area contributed by atoms with Gasteiger partial charge in [0.2, 0.25) is 0 Å². The van der Waals surface area contributed by atoms with E-state index in [-0.39, 0.29) is 30.0 Å². The SMILES string of the molecule is CN=C(NCc1ccnc(N2CCN(C)CC2)c1)NCC(c1ccco1)N1CCCCC1.I. The highest BCUT2D eigenvalue weighted by atomic mass is 127. The van der Waals surface area contributed by atoms with Gasteiger partial charge in [-0.25, -0.2) is 4.98 Å². The van der Waals surface area contributed by atoms with E-state index in [0.717, 1.165) is 63.4 Å². The van der Waals surface area contributed by atoms with Crippen molar-refractivity contribution in [3.63, 3.8) is 0 Å². The van der Waals surface area contributed by atoms with Crippen molar-refractivity contribution in [3.05, 3.63) is 48.0 Å². The van der Waals surface area contributed by atoms with Crippen LogP contribution in [0, 0.1) is 0 Å². The molecule has 9 heteroatoms. The van der Waals surface area contributed by atoms with Crippen LogP contribution >= 0.6 is 24.0 Å². The molecule has 4 heterocycles. The average molecular weight is 568 g/mol. The summed E-state index contributed by atoms with van der Waals surface area (Å²) in [4.78, 5) is 16.3. The van der Waals surface area contributed by atoms with Gasteiger partial charge in [0.15, 0.2) is 5.96 Å². The standard InChI is InChI=1S/C24H37N7O.HI/c1-25-24(28-19-21(22-7-6-16-32-22)30-10-4-3-5-11-30)27-18-20-8-9-26-23(17-20)31-14-12-29(2)13-15-31;/h6-9,16-17,21H,3-5,10-15,18-19H2,1-2H3,(H2,25,27,28);1H. The fraction of sp³-hybridized carbons (Fsp3) is 0.583. The molecule has 0 spiro atoms. The molecule has 2 aromatic heterocycles. The summed E-state index contributed by atoms with van der Waals surface area (Å²) >= 11 is 0. The van der Waals surface area contributed by atoms with Crippen LogP contribution in [-0.2, 0) is 6.54 Å². The Labute approximate surface area is 214 Å². The van der Waals surface area contributed by atoms with Crippen molar-refractivity contribution in [2.75, 3.05) is 64.8 Å². The number of aliphatic imine (C=N–C) groups is 1. The predicted octanol–water partition coefficient (Wildman–Crippen LogP) is 2.94. The van der Waals surface area contributed by atoms with E-state index in [1.807, 2.05) is 19.3 Å². The molecule has 2 aliphatic rings. The Balaban J connectivity index is 0.00000306. The van der Waals surface area contributed by atoms with Crippen LogP contribution in [0.2, 0.25) is 0 Å². The number of nitrogens with one attached hydrogen (secondary N) is 2. The molecule has 2 aliphatic heterocycles. The molecule has 0 aliphatic carbocycles. The zero-order valence-electron chi connectivity index (χ0n) is 19.9. The van der Waals surface area contributed by atoms with Crippen molar-refractivity contribution < 1.29 is 4.42 Å². The van der Waals surface area contributed by atoms with Gasteiger partial charge in [-0.05, 0) is 62.8 Å². The van der Waals surface area contributed by atoms with Gasteiger partial charge in [0.05, 0.1) is 12.3 Å². The third kappa shape index (κ3) is 7.31. The molecule has 2 fully saturated rings.